The van der Waals surface area contributed by atoms with Crippen molar-refractivity contribution in [3.05, 3.63) is 11.6 Å². The molecule has 0 bridgehead atoms. The molecule has 1 heterocycles. The van der Waals surface area contributed by atoms with E-state index in [9.17, 15) is 4.39 Å². The molecule has 0 aromatic heterocycles. The molecule has 1 aliphatic heterocycles. The summed E-state index contributed by atoms with van der Waals surface area (Å²) in [6.07, 6.45) is 0. The van der Waals surface area contributed by atoms with Crippen molar-refractivity contribution in [2.75, 3.05) is 6.61 Å². The highest BCUT2D eigenvalue weighted by Crippen LogP contribution is 2.36. The van der Waals surface area contributed by atoms with Crippen LogP contribution >= 0.6 is 0 Å². The molecule has 66 valence electrons. The minimum Gasteiger partial charge on any atom is -0.495 e. The molecule has 0 saturated carbocycles. The van der Waals surface area contributed by atoms with Crippen molar-refractivity contribution < 1.29 is 9.13 Å². The van der Waals surface area contributed by atoms with Crippen LogP contribution in [0.5, 0.6) is 0 Å². The second-order valence-electron chi connectivity index (χ2n) is 3.04. The molecular weight excluding hydrogens is 143 g/mol. The minimum absolute atomic E-state index is 0.109. The van der Waals surface area contributed by atoms with Gasteiger partial charge in [-0.3, -0.25) is 0 Å². The molecule has 1 nitrogen and oxygen atoms in total. The van der Waals surface area contributed by atoms with Gasteiger partial charge in [-0.1, -0.05) is 27.7 Å². The maximum Gasteiger partial charge on any atom is 0.146 e. The molecule has 1 aliphatic rings. The third kappa shape index (κ3) is 2.21. The smallest absolute Gasteiger partial charge is 0.146 e. The fourth-order valence-electron chi connectivity index (χ4n) is 0.892. The minimum atomic E-state index is -0.385. The van der Waals surface area contributed by atoms with E-state index in [0.29, 0.717) is 12.4 Å². The van der Waals surface area contributed by atoms with Gasteiger partial charge in [0.1, 0.15) is 11.6 Å². The highest BCUT2D eigenvalue weighted by molar-refractivity contribution is 5.12. The molecule has 0 saturated heterocycles. The van der Waals surface area contributed by atoms with Crippen molar-refractivity contribution >= 4 is 0 Å². The third-order valence-corrected chi connectivity index (χ3v) is 1.55. The van der Waals surface area contributed by atoms with Gasteiger partial charge in [-0.25, -0.2) is 4.39 Å². The molecule has 0 fully saturated rings. The van der Waals surface area contributed by atoms with Crippen LogP contribution in [0.4, 0.5) is 4.39 Å². The summed E-state index contributed by atoms with van der Waals surface area (Å²) < 4.78 is 17.8. The Morgan fingerprint density at radius 1 is 1.36 bits per heavy atom. The molecule has 0 unspecified atom stereocenters. The first kappa shape index (κ1) is 10.5. The van der Waals surface area contributed by atoms with Crippen molar-refractivity contribution in [3.63, 3.8) is 0 Å². The first-order valence-electron chi connectivity index (χ1n) is 4.04. The van der Waals surface area contributed by atoms with E-state index in [1.807, 2.05) is 27.7 Å². The van der Waals surface area contributed by atoms with Crippen LogP contribution in [0, 0.1) is 5.41 Å². The van der Waals surface area contributed by atoms with Crippen LogP contribution in [0.15, 0.2) is 11.6 Å². The summed E-state index contributed by atoms with van der Waals surface area (Å²) in [6.45, 7) is 9.80. The second kappa shape index (κ2) is 3.74. The van der Waals surface area contributed by atoms with E-state index in [1.54, 1.807) is 6.92 Å². The normalized spacial score (nSPS) is 20.5. The first-order valence-corrected chi connectivity index (χ1v) is 4.04. The molecule has 0 aromatic rings. The van der Waals surface area contributed by atoms with Crippen molar-refractivity contribution in [2.45, 2.75) is 34.6 Å². The van der Waals surface area contributed by atoms with Gasteiger partial charge in [0.15, 0.2) is 0 Å². The Hall–Kier alpha value is -0.530. The number of hydrogen-bond donors (Lipinski definition) is 0. The molecule has 0 aliphatic carbocycles. The molecule has 2 heteroatoms. The molecule has 11 heavy (non-hydrogen) atoms. The molecular formula is C9H17FO. The Morgan fingerprint density at radius 2 is 1.82 bits per heavy atom. The number of hydrogen-bond acceptors (Lipinski definition) is 1. The topological polar surface area (TPSA) is 9.23 Å². The maximum atomic E-state index is 12.8. The quantitative estimate of drug-likeness (QED) is 0.528. The highest BCUT2D eigenvalue weighted by Gasteiger charge is 2.33. The number of rotatable bonds is 0. The average molecular weight is 160 g/mol. The van der Waals surface area contributed by atoms with Crippen LogP contribution in [0.3, 0.4) is 0 Å². The zero-order valence-electron chi connectivity index (χ0n) is 7.99. The van der Waals surface area contributed by atoms with Crippen LogP contribution in [0.1, 0.15) is 34.6 Å². The van der Waals surface area contributed by atoms with Gasteiger partial charge in [-0.05, 0) is 6.92 Å². The Balaban J connectivity index is 0.000000461. The maximum absolute atomic E-state index is 12.8. The first-order chi connectivity index (χ1) is 5.04. The van der Waals surface area contributed by atoms with E-state index < -0.39 is 0 Å². The molecule has 0 radical (unpaired) electrons. The van der Waals surface area contributed by atoms with E-state index in [2.05, 4.69) is 0 Å². The Bertz CT molecular complexity index is 159. The number of allylic oxidation sites excluding steroid dienone is 1. The monoisotopic (exact) mass is 160 g/mol. The summed E-state index contributed by atoms with van der Waals surface area (Å²) in [6, 6.07) is 0. The molecule has 0 amide bonds. The van der Waals surface area contributed by atoms with Crippen LogP contribution in [-0.4, -0.2) is 6.61 Å². The lowest BCUT2D eigenvalue weighted by molar-refractivity contribution is 0.182. The van der Waals surface area contributed by atoms with Gasteiger partial charge in [-0.2, -0.15) is 0 Å². The lowest BCUT2D eigenvalue weighted by Gasteiger charge is -2.11. The lowest BCUT2D eigenvalue weighted by Crippen LogP contribution is -2.12. The summed E-state index contributed by atoms with van der Waals surface area (Å²) in [5.41, 5.74) is -0.385. The van der Waals surface area contributed by atoms with Crippen molar-refractivity contribution in [2.24, 2.45) is 5.41 Å². The molecule has 0 spiro atoms. The van der Waals surface area contributed by atoms with Gasteiger partial charge in [0.2, 0.25) is 0 Å². The zero-order valence-corrected chi connectivity index (χ0v) is 7.99. The molecule has 0 N–H and O–H groups in total. The molecule has 1 rings (SSSR count). The fourth-order valence-corrected chi connectivity index (χ4v) is 0.892. The summed E-state index contributed by atoms with van der Waals surface area (Å²) >= 11 is 0. The highest BCUT2D eigenvalue weighted by atomic mass is 19.1. The predicted molar refractivity (Wildman–Crippen MR) is 44.9 cm³/mol. The van der Waals surface area contributed by atoms with Gasteiger partial charge >= 0.3 is 0 Å². The van der Waals surface area contributed by atoms with Gasteiger partial charge in [-0.15, -0.1) is 0 Å². The van der Waals surface area contributed by atoms with Crippen molar-refractivity contribution in [1.29, 1.82) is 0 Å². The van der Waals surface area contributed by atoms with Gasteiger partial charge in [0.25, 0.3) is 0 Å². The summed E-state index contributed by atoms with van der Waals surface area (Å²) in [7, 11) is 0. The largest absolute Gasteiger partial charge is 0.495 e. The van der Waals surface area contributed by atoms with E-state index in [-0.39, 0.29) is 11.2 Å². The van der Waals surface area contributed by atoms with E-state index in [1.165, 1.54) is 0 Å². The number of halogens is 1. The number of ether oxygens (including phenoxy) is 1. The van der Waals surface area contributed by atoms with Crippen LogP contribution in [0.2, 0.25) is 0 Å². The fraction of sp³-hybridized carbons (Fsp3) is 0.778. The Morgan fingerprint density at radius 3 is 1.91 bits per heavy atom. The summed E-state index contributed by atoms with van der Waals surface area (Å²) in [5.74, 6) is 0.336. The van der Waals surface area contributed by atoms with Crippen LogP contribution in [0.25, 0.3) is 0 Å². The standard InChI is InChI=1S/C7H11FO.C2H6/c1-5-6(8)7(2,3)4-9-5;1-2/h4H2,1-3H3;1-2H3. The van der Waals surface area contributed by atoms with Crippen molar-refractivity contribution in [3.8, 4) is 0 Å². The molecule has 0 aromatic carbocycles. The third-order valence-electron chi connectivity index (χ3n) is 1.55. The van der Waals surface area contributed by atoms with Gasteiger partial charge in [0, 0.05) is 0 Å². The molecule has 0 atom stereocenters. The SMILES string of the molecule is CC.CC1=C(F)C(C)(C)CO1. The Labute approximate surface area is 68.2 Å². The summed E-state index contributed by atoms with van der Waals surface area (Å²) in [4.78, 5) is 0. The average Bonchev–Trinajstić information content (AvgIpc) is 2.21. The Kier molecular flexibility index (Phi) is 3.56. The van der Waals surface area contributed by atoms with Crippen LogP contribution < -0.4 is 0 Å². The summed E-state index contributed by atoms with van der Waals surface area (Å²) in [5, 5.41) is 0. The zero-order chi connectivity index (χ0) is 9.07. The van der Waals surface area contributed by atoms with E-state index >= 15 is 0 Å². The van der Waals surface area contributed by atoms with Gasteiger partial charge < -0.3 is 4.74 Å². The van der Waals surface area contributed by atoms with Crippen LogP contribution in [-0.2, 0) is 4.74 Å². The van der Waals surface area contributed by atoms with E-state index in [0.717, 1.165) is 0 Å². The van der Waals surface area contributed by atoms with Crippen molar-refractivity contribution in [1.82, 2.24) is 0 Å². The van der Waals surface area contributed by atoms with E-state index in [4.69, 9.17) is 4.74 Å². The second-order valence-corrected chi connectivity index (χ2v) is 3.04. The van der Waals surface area contributed by atoms with Gasteiger partial charge in [0.05, 0.1) is 12.0 Å². The lowest BCUT2D eigenvalue weighted by atomic mass is 9.94. The predicted octanol–water partition coefficient (Wildman–Crippen LogP) is 3.27.